The first-order chi connectivity index (χ1) is 12.6. The third-order valence-electron chi connectivity index (χ3n) is 4.76. The monoisotopic (exact) mass is 354 g/mol. The summed E-state index contributed by atoms with van der Waals surface area (Å²) < 4.78 is 10.7. The molecule has 0 bridgehead atoms. The summed E-state index contributed by atoms with van der Waals surface area (Å²) in [4.78, 5) is 14.5. The van der Waals surface area contributed by atoms with Crippen LogP contribution < -0.4 is 14.8 Å². The minimum Gasteiger partial charge on any atom is -0.493 e. The van der Waals surface area contributed by atoms with Crippen molar-refractivity contribution in [3.63, 3.8) is 0 Å². The van der Waals surface area contributed by atoms with Crippen molar-refractivity contribution in [3.8, 4) is 11.5 Å². The Labute approximate surface area is 154 Å². The Hall–Kier alpha value is -2.69. The van der Waals surface area contributed by atoms with Gasteiger partial charge in [0.2, 0.25) is 5.91 Å². The number of fused-ring (bicyclic) bond motifs is 1. The Balaban J connectivity index is 1.58. The third-order valence-corrected chi connectivity index (χ3v) is 4.76. The van der Waals surface area contributed by atoms with Gasteiger partial charge in [-0.3, -0.25) is 4.79 Å². The van der Waals surface area contributed by atoms with Crippen LogP contribution >= 0.6 is 0 Å². The van der Waals surface area contributed by atoms with Crippen LogP contribution in [0.25, 0.3) is 0 Å². The summed E-state index contributed by atoms with van der Waals surface area (Å²) in [5, 5.41) is 3.32. The molecule has 0 saturated heterocycles. The van der Waals surface area contributed by atoms with E-state index in [0.717, 1.165) is 30.0 Å². The predicted molar refractivity (Wildman–Crippen MR) is 103 cm³/mol. The van der Waals surface area contributed by atoms with E-state index in [4.69, 9.17) is 9.47 Å². The van der Waals surface area contributed by atoms with Crippen molar-refractivity contribution < 1.29 is 14.3 Å². The van der Waals surface area contributed by atoms with Gasteiger partial charge in [-0.1, -0.05) is 12.1 Å². The molecule has 2 aromatic rings. The molecule has 0 spiro atoms. The highest BCUT2D eigenvalue weighted by Crippen LogP contribution is 2.33. The van der Waals surface area contributed by atoms with Gasteiger partial charge < -0.3 is 19.7 Å². The van der Waals surface area contributed by atoms with E-state index in [2.05, 4.69) is 24.4 Å². The number of rotatable bonds is 6. The van der Waals surface area contributed by atoms with Crippen LogP contribution in [0.2, 0.25) is 0 Å². The fourth-order valence-electron chi connectivity index (χ4n) is 3.32. The van der Waals surface area contributed by atoms with E-state index in [1.807, 2.05) is 29.2 Å². The summed E-state index contributed by atoms with van der Waals surface area (Å²) >= 11 is 0. The molecule has 5 nitrogen and oxygen atoms in total. The number of nitrogens with zero attached hydrogens (tertiary/aromatic N) is 1. The highest BCUT2D eigenvalue weighted by atomic mass is 16.5. The molecule has 0 aliphatic carbocycles. The van der Waals surface area contributed by atoms with Gasteiger partial charge in [0.25, 0.3) is 0 Å². The largest absolute Gasteiger partial charge is 0.493 e. The number of hydrogen-bond acceptors (Lipinski definition) is 4. The summed E-state index contributed by atoms with van der Waals surface area (Å²) in [6, 6.07) is 12.2. The van der Waals surface area contributed by atoms with Crippen molar-refractivity contribution >= 4 is 11.6 Å². The standard InChI is InChI=1S/C21H26N2O3/c1-15-5-4-6-18(11-15)22-9-7-21(24)23-10-8-16-12-19(25-2)20(26-3)13-17(16)14-23/h4-6,11-13,22H,7-10,14H2,1-3H3. The average molecular weight is 354 g/mol. The van der Waals surface area contributed by atoms with Crippen LogP contribution in [0.3, 0.4) is 0 Å². The van der Waals surface area contributed by atoms with Gasteiger partial charge in [-0.05, 0) is 54.3 Å². The first-order valence-electron chi connectivity index (χ1n) is 8.93. The fourth-order valence-corrected chi connectivity index (χ4v) is 3.32. The lowest BCUT2D eigenvalue weighted by Crippen LogP contribution is -2.36. The van der Waals surface area contributed by atoms with Crippen LogP contribution in [0, 0.1) is 6.92 Å². The van der Waals surface area contributed by atoms with E-state index in [1.165, 1.54) is 11.1 Å². The van der Waals surface area contributed by atoms with Crippen molar-refractivity contribution in [3.05, 3.63) is 53.1 Å². The minimum atomic E-state index is 0.172. The quantitative estimate of drug-likeness (QED) is 0.864. The Morgan fingerprint density at radius 2 is 1.85 bits per heavy atom. The molecule has 0 unspecified atom stereocenters. The first-order valence-corrected chi connectivity index (χ1v) is 8.93. The highest BCUT2D eigenvalue weighted by Gasteiger charge is 2.22. The summed E-state index contributed by atoms with van der Waals surface area (Å²) in [7, 11) is 3.27. The summed E-state index contributed by atoms with van der Waals surface area (Å²) in [5.41, 5.74) is 4.62. The highest BCUT2D eigenvalue weighted by molar-refractivity contribution is 5.77. The van der Waals surface area contributed by atoms with Crippen molar-refractivity contribution in [1.82, 2.24) is 4.90 Å². The van der Waals surface area contributed by atoms with Gasteiger partial charge >= 0.3 is 0 Å². The zero-order chi connectivity index (χ0) is 18.5. The molecule has 1 heterocycles. The molecule has 0 atom stereocenters. The molecule has 0 radical (unpaired) electrons. The molecule has 3 rings (SSSR count). The second-order valence-corrected chi connectivity index (χ2v) is 6.59. The zero-order valence-corrected chi connectivity index (χ0v) is 15.7. The predicted octanol–water partition coefficient (Wildman–Crippen LogP) is 3.40. The average Bonchev–Trinajstić information content (AvgIpc) is 2.66. The second-order valence-electron chi connectivity index (χ2n) is 6.59. The maximum absolute atomic E-state index is 12.6. The van der Waals surface area contributed by atoms with Crippen LogP contribution in [-0.4, -0.2) is 38.1 Å². The van der Waals surface area contributed by atoms with Crippen molar-refractivity contribution in [2.75, 3.05) is 32.6 Å². The van der Waals surface area contributed by atoms with Gasteiger partial charge in [0.15, 0.2) is 11.5 Å². The number of hydrogen-bond donors (Lipinski definition) is 1. The van der Waals surface area contributed by atoms with E-state index in [0.29, 0.717) is 25.3 Å². The molecular weight excluding hydrogens is 328 g/mol. The maximum atomic E-state index is 12.6. The minimum absolute atomic E-state index is 0.172. The molecule has 0 fully saturated rings. The third kappa shape index (κ3) is 4.10. The summed E-state index contributed by atoms with van der Waals surface area (Å²) in [6.07, 6.45) is 1.32. The molecule has 1 amide bonds. The Kier molecular flexibility index (Phi) is 5.66. The molecule has 0 saturated carbocycles. The molecule has 138 valence electrons. The van der Waals surface area contributed by atoms with Crippen LogP contribution in [0.4, 0.5) is 5.69 Å². The van der Waals surface area contributed by atoms with Crippen LogP contribution in [-0.2, 0) is 17.8 Å². The molecule has 5 heteroatoms. The van der Waals surface area contributed by atoms with Crippen LogP contribution in [0.1, 0.15) is 23.1 Å². The number of nitrogens with one attached hydrogen (secondary N) is 1. The van der Waals surface area contributed by atoms with E-state index >= 15 is 0 Å². The van der Waals surface area contributed by atoms with Crippen LogP contribution in [0.5, 0.6) is 11.5 Å². The van der Waals surface area contributed by atoms with Gasteiger partial charge in [0.05, 0.1) is 14.2 Å². The van der Waals surface area contributed by atoms with Gasteiger partial charge in [-0.2, -0.15) is 0 Å². The Morgan fingerprint density at radius 3 is 2.54 bits per heavy atom. The second kappa shape index (κ2) is 8.13. The molecule has 1 N–H and O–H groups in total. The van der Waals surface area contributed by atoms with E-state index in [1.54, 1.807) is 14.2 Å². The van der Waals surface area contributed by atoms with Gasteiger partial charge in [-0.25, -0.2) is 0 Å². The van der Waals surface area contributed by atoms with Gasteiger partial charge in [0.1, 0.15) is 0 Å². The number of benzene rings is 2. The molecular formula is C21H26N2O3. The van der Waals surface area contributed by atoms with Gasteiger partial charge in [0, 0.05) is 31.7 Å². The van der Waals surface area contributed by atoms with E-state index in [-0.39, 0.29) is 5.91 Å². The number of aryl methyl sites for hydroxylation is 1. The number of carbonyl (C=O) groups excluding carboxylic acids is 1. The normalized spacial score (nSPS) is 13.1. The molecule has 0 aromatic heterocycles. The molecule has 1 aliphatic heterocycles. The smallest absolute Gasteiger partial charge is 0.224 e. The lowest BCUT2D eigenvalue weighted by molar-refractivity contribution is -0.131. The number of ether oxygens (including phenoxy) is 2. The summed E-state index contributed by atoms with van der Waals surface area (Å²) in [5.74, 6) is 1.63. The molecule has 1 aliphatic rings. The molecule has 2 aromatic carbocycles. The Morgan fingerprint density at radius 1 is 1.12 bits per heavy atom. The lowest BCUT2D eigenvalue weighted by atomic mass is 9.98. The number of anilines is 1. The first kappa shape index (κ1) is 18.1. The van der Waals surface area contributed by atoms with Gasteiger partial charge in [-0.15, -0.1) is 0 Å². The number of carbonyl (C=O) groups is 1. The SMILES string of the molecule is COc1cc2c(cc1OC)CN(C(=O)CCNc1cccc(C)c1)CC2. The maximum Gasteiger partial charge on any atom is 0.224 e. The van der Waals surface area contributed by atoms with Crippen molar-refractivity contribution in [2.24, 2.45) is 0 Å². The van der Waals surface area contributed by atoms with E-state index < -0.39 is 0 Å². The molecule has 26 heavy (non-hydrogen) atoms. The Bertz CT molecular complexity index is 789. The number of amides is 1. The zero-order valence-electron chi connectivity index (χ0n) is 15.7. The van der Waals surface area contributed by atoms with Crippen molar-refractivity contribution in [2.45, 2.75) is 26.3 Å². The van der Waals surface area contributed by atoms with Crippen LogP contribution in [0.15, 0.2) is 36.4 Å². The van der Waals surface area contributed by atoms with E-state index in [9.17, 15) is 4.79 Å². The summed E-state index contributed by atoms with van der Waals surface area (Å²) in [6.45, 7) is 4.06. The lowest BCUT2D eigenvalue weighted by Gasteiger charge is -2.29. The topological polar surface area (TPSA) is 50.8 Å². The van der Waals surface area contributed by atoms with Crippen molar-refractivity contribution in [1.29, 1.82) is 0 Å². The fraction of sp³-hybridized carbons (Fsp3) is 0.381. The number of methoxy groups -OCH3 is 2.